The van der Waals surface area contributed by atoms with Gasteiger partial charge in [-0.25, -0.2) is 4.79 Å². The van der Waals surface area contributed by atoms with E-state index in [2.05, 4.69) is 0 Å². The third kappa shape index (κ3) is 1.63. The SMILES string of the molecule is O=C1N(I)CCN1c1ccccc1. The second-order valence-electron chi connectivity index (χ2n) is 2.86. The Bertz CT molecular complexity index is 315. The van der Waals surface area contributed by atoms with Gasteiger partial charge in [-0.1, -0.05) is 18.2 Å². The standard InChI is InChI=1S/C9H9IN2O/c10-12-7-6-11(9(12)13)8-4-2-1-3-5-8/h1-5H,6-7H2. The molecule has 0 aliphatic carbocycles. The third-order valence-electron chi connectivity index (χ3n) is 2.03. The normalized spacial score (nSPS) is 16.8. The molecule has 1 saturated heterocycles. The van der Waals surface area contributed by atoms with Gasteiger partial charge in [0.1, 0.15) is 0 Å². The third-order valence-corrected chi connectivity index (χ3v) is 2.92. The molecule has 3 nitrogen and oxygen atoms in total. The maximum Gasteiger partial charge on any atom is 0.333 e. The number of benzene rings is 1. The first-order valence-electron chi connectivity index (χ1n) is 4.09. The van der Waals surface area contributed by atoms with E-state index in [9.17, 15) is 4.79 Å². The van der Waals surface area contributed by atoms with Gasteiger partial charge in [-0.2, -0.15) is 0 Å². The summed E-state index contributed by atoms with van der Waals surface area (Å²) in [5, 5.41) is 0. The van der Waals surface area contributed by atoms with Crippen molar-refractivity contribution in [2.45, 2.75) is 0 Å². The molecule has 4 heteroatoms. The van der Waals surface area contributed by atoms with Crippen LogP contribution >= 0.6 is 22.9 Å². The van der Waals surface area contributed by atoms with Crippen molar-refractivity contribution in [3.05, 3.63) is 30.3 Å². The van der Waals surface area contributed by atoms with E-state index in [1.807, 2.05) is 53.2 Å². The van der Waals surface area contributed by atoms with Crippen LogP contribution in [-0.2, 0) is 0 Å². The zero-order chi connectivity index (χ0) is 9.26. The summed E-state index contributed by atoms with van der Waals surface area (Å²) in [7, 11) is 0. The van der Waals surface area contributed by atoms with Crippen LogP contribution in [0.25, 0.3) is 0 Å². The number of halogens is 1. The smallest absolute Gasteiger partial charge is 0.292 e. The van der Waals surface area contributed by atoms with Crippen molar-refractivity contribution in [1.29, 1.82) is 0 Å². The van der Waals surface area contributed by atoms with Gasteiger partial charge in [-0.05, 0) is 12.1 Å². The van der Waals surface area contributed by atoms with Crippen LogP contribution in [0.15, 0.2) is 30.3 Å². The molecule has 0 N–H and O–H groups in total. The van der Waals surface area contributed by atoms with Gasteiger partial charge >= 0.3 is 6.03 Å². The van der Waals surface area contributed by atoms with Crippen LogP contribution in [-0.4, -0.2) is 22.2 Å². The second-order valence-corrected chi connectivity index (χ2v) is 4.02. The Morgan fingerprint density at radius 2 is 1.85 bits per heavy atom. The van der Waals surface area contributed by atoms with Crippen LogP contribution < -0.4 is 4.90 Å². The van der Waals surface area contributed by atoms with Gasteiger partial charge in [0.05, 0.1) is 29.4 Å². The summed E-state index contributed by atoms with van der Waals surface area (Å²) in [6, 6.07) is 9.82. The minimum Gasteiger partial charge on any atom is -0.292 e. The van der Waals surface area contributed by atoms with Crippen molar-refractivity contribution in [2.24, 2.45) is 0 Å². The Balaban J connectivity index is 2.24. The Labute approximate surface area is 90.8 Å². The summed E-state index contributed by atoms with van der Waals surface area (Å²) >= 11 is 2.04. The molecule has 13 heavy (non-hydrogen) atoms. The van der Waals surface area contributed by atoms with Gasteiger partial charge in [0, 0.05) is 12.2 Å². The van der Waals surface area contributed by atoms with E-state index < -0.39 is 0 Å². The number of rotatable bonds is 1. The molecule has 1 aromatic carbocycles. The molecule has 0 unspecified atom stereocenters. The van der Waals surface area contributed by atoms with E-state index in [0.717, 1.165) is 18.8 Å². The first-order valence-corrected chi connectivity index (χ1v) is 5.05. The van der Waals surface area contributed by atoms with Crippen molar-refractivity contribution in [3.63, 3.8) is 0 Å². The van der Waals surface area contributed by atoms with E-state index in [1.54, 1.807) is 8.01 Å². The summed E-state index contributed by atoms with van der Waals surface area (Å²) in [5.41, 5.74) is 0.978. The summed E-state index contributed by atoms with van der Waals surface area (Å²) in [5.74, 6) is 0. The molecule has 68 valence electrons. The maximum atomic E-state index is 11.6. The first kappa shape index (κ1) is 8.80. The molecule has 2 amide bonds. The van der Waals surface area contributed by atoms with Gasteiger partial charge in [0.15, 0.2) is 0 Å². The summed E-state index contributed by atoms with van der Waals surface area (Å²) < 4.78 is 1.70. The topological polar surface area (TPSA) is 23.6 Å². The molecule has 1 fully saturated rings. The molecule has 1 aromatic rings. The zero-order valence-corrected chi connectivity index (χ0v) is 9.14. The lowest BCUT2D eigenvalue weighted by Gasteiger charge is -2.14. The average Bonchev–Trinajstić information content (AvgIpc) is 2.49. The summed E-state index contributed by atoms with van der Waals surface area (Å²) in [4.78, 5) is 13.3. The number of carbonyl (C=O) groups excluding carboxylic acids is 1. The van der Waals surface area contributed by atoms with Crippen molar-refractivity contribution in [2.75, 3.05) is 18.0 Å². The Kier molecular flexibility index (Phi) is 2.39. The highest BCUT2D eigenvalue weighted by atomic mass is 127. The molecule has 1 aliphatic rings. The van der Waals surface area contributed by atoms with E-state index in [1.165, 1.54) is 0 Å². The molecule has 0 aromatic heterocycles. The van der Waals surface area contributed by atoms with Gasteiger partial charge in [-0.15, -0.1) is 0 Å². The maximum absolute atomic E-state index is 11.6. The van der Waals surface area contributed by atoms with Crippen molar-refractivity contribution < 1.29 is 4.79 Å². The molecular weight excluding hydrogens is 279 g/mol. The van der Waals surface area contributed by atoms with Crippen LogP contribution in [0.2, 0.25) is 0 Å². The number of urea groups is 1. The van der Waals surface area contributed by atoms with Gasteiger partial charge in [0.2, 0.25) is 0 Å². The quantitative estimate of drug-likeness (QED) is 0.574. The van der Waals surface area contributed by atoms with Crippen LogP contribution in [0.1, 0.15) is 0 Å². The van der Waals surface area contributed by atoms with E-state index in [0.29, 0.717) is 0 Å². The molecule has 0 bridgehead atoms. The van der Waals surface area contributed by atoms with E-state index in [4.69, 9.17) is 0 Å². The predicted molar refractivity (Wildman–Crippen MR) is 59.9 cm³/mol. The average molecular weight is 288 g/mol. The lowest BCUT2D eigenvalue weighted by molar-refractivity contribution is 0.244. The minimum atomic E-state index is 0.0757. The highest BCUT2D eigenvalue weighted by Crippen LogP contribution is 2.21. The fourth-order valence-corrected chi connectivity index (χ4v) is 1.83. The van der Waals surface area contributed by atoms with Gasteiger partial charge in [-0.3, -0.25) is 8.01 Å². The van der Waals surface area contributed by atoms with Crippen molar-refractivity contribution >= 4 is 34.6 Å². The van der Waals surface area contributed by atoms with Crippen LogP contribution in [0.3, 0.4) is 0 Å². The summed E-state index contributed by atoms with van der Waals surface area (Å²) in [6.07, 6.45) is 0. The largest absolute Gasteiger partial charge is 0.333 e. The fourth-order valence-electron chi connectivity index (χ4n) is 1.36. The number of hydrogen-bond acceptors (Lipinski definition) is 1. The molecular formula is C9H9IN2O. The monoisotopic (exact) mass is 288 g/mol. The number of nitrogens with zero attached hydrogens (tertiary/aromatic N) is 2. The zero-order valence-electron chi connectivity index (χ0n) is 6.98. The number of hydrogen-bond donors (Lipinski definition) is 0. The summed E-state index contributed by atoms with van der Waals surface area (Å²) in [6.45, 7) is 1.58. The highest BCUT2D eigenvalue weighted by molar-refractivity contribution is 14.1. The predicted octanol–water partition coefficient (Wildman–Crippen LogP) is 2.28. The van der Waals surface area contributed by atoms with Gasteiger partial charge < -0.3 is 0 Å². The van der Waals surface area contributed by atoms with E-state index >= 15 is 0 Å². The number of carbonyl (C=O) groups is 1. The first-order chi connectivity index (χ1) is 6.29. The molecule has 0 radical (unpaired) electrons. The number of anilines is 1. The molecule has 1 aliphatic heterocycles. The molecule has 0 saturated carbocycles. The second kappa shape index (κ2) is 3.53. The highest BCUT2D eigenvalue weighted by Gasteiger charge is 2.27. The molecule has 2 rings (SSSR count). The fraction of sp³-hybridized carbons (Fsp3) is 0.222. The van der Waals surface area contributed by atoms with Crippen LogP contribution in [0.4, 0.5) is 10.5 Å². The van der Waals surface area contributed by atoms with E-state index in [-0.39, 0.29) is 6.03 Å². The Hall–Kier alpha value is -0.780. The molecule has 0 atom stereocenters. The molecule has 0 spiro atoms. The number of amides is 2. The van der Waals surface area contributed by atoms with Crippen LogP contribution in [0.5, 0.6) is 0 Å². The Morgan fingerprint density at radius 1 is 1.15 bits per heavy atom. The lowest BCUT2D eigenvalue weighted by atomic mass is 10.3. The van der Waals surface area contributed by atoms with Gasteiger partial charge in [0.25, 0.3) is 0 Å². The van der Waals surface area contributed by atoms with Crippen molar-refractivity contribution in [1.82, 2.24) is 3.11 Å². The lowest BCUT2D eigenvalue weighted by Crippen LogP contribution is -2.26. The van der Waals surface area contributed by atoms with Crippen molar-refractivity contribution in [3.8, 4) is 0 Å². The minimum absolute atomic E-state index is 0.0757. The Morgan fingerprint density at radius 3 is 2.38 bits per heavy atom. The van der Waals surface area contributed by atoms with Crippen LogP contribution in [0, 0.1) is 0 Å². The number of para-hydroxylation sites is 1. The molecule has 1 heterocycles.